The summed E-state index contributed by atoms with van der Waals surface area (Å²) in [7, 11) is 0. The molecule has 0 aromatic heterocycles. The van der Waals surface area contributed by atoms with Gasteiger partial charge in [0, 0.05) is 13.1 Å². The Morgan fingerprint density at radius 1 is 1.04 bits per heavy atom. The number of nitrogens with one attached hydrogen (secondary N) is 2. The van der Waals surface area contributed by atoms with Crippen LogP contribution in [0.3, 0.4) is 0 Å². The van der Waals surface area contributed by atoms with Gasteiger partial charge in [-0.05, 0) is 44.9 Å². The molecular formula is C18H28F3N3O2. The molecule has 5 nitrogen and oxygen atoms in total. The first-order chi connectivity index (χ1) is 12.4. The molecule has 148 valence electrons. The van der Waals surface area contributed by atoms with Crippen LogP contribution in [0.5, 0.6) is 11.5 Å². The summed E-state index contributed by atoms with van der Waals surface area (Å²) >= 11 is 0. The van der Waals surface area contributed by atoms with Gasteiger partial charge in [0.25, 0.3) is 0 Å². The van der Waals surface area contributed by atoms with Crippen molar-refractivity contribution in [3.05, 3.63) is 23.8 Å². The lowest BCUT2D eigenvalue weighted by Crippen LogP contribution is -2.38. The predicted molar refractivity (Wildman–Crippen MR) is 97.1 cm³/mol. The zero-order chi connectivity index (χ0) is 19.4. The molecule has 0 saturated carbocycles. The second-order valence-corrected chi connectivity index (χ2v) is 5.45. The standard InChI is InChI=1S/C18H28F3N3O2/c1-4-22-17(24-12-10-18(19,20)21)23-11-9-14-7-8-15(25-5-2)16(13-14)26-6-3/h7-8,13H,4-6,9-12H2,1-3H3,(H2,22,23,24). The van der Waals surface area contributed by atoms with Crippen molar-refractivity contribution >= 4 is 5.96 Å². The first-order valence-corrected chi connectivity index (χ1v) is 8.87. The molecule has 1 rings (SSSR count). The van der Waals surface area contributed by atoms with Gasteiger partial charge in [0.15, 0.2) is 17.5 Å². The largest absolute Gasteiger partial charge is 0.490 e. The highest BCUT2D eigenvalue weighted by Crippen LogP contribution is 2.28. The first kappa shape index (κ1) is 21.9. The number of rotatable bonds is 10. The molecule has 0 unspecified atom stereocenters. The average molecular weight is 375 g/mol. The van der Waals surface area contributed by atoms with Crippen molar-refractivity contribution in [2.75, 3.05) is 32.8 Å². The Morgan fingerprint density at radius 2 is 1.73 bits per heavy atom. The van der Waals surface area contributed by atoms with E-state index in [1.54, 1.807) is 0 Å². The zero-order valence-electron chi connectivity index (χ0n) is 15.6. The van der Waals surface area contributed by atoms with Gasteiger partial charge in [-0.1, -0.05) is 6.07 Å². The maximum atomic E-state index is 12.2. The van der Waals surface area contributed by atoms with Crippen LogP contribution in [0.2, 0.25) is 0 Å². The number of hydrogen-bond donors (Lipinski definition) is 2. The number of ether oxygens (including phenoxy) is 2. The molecule has 0 fully saturated rings. The number of aliphatic imine (C=N–C) groups is 1. The highest BCUT2D eigenvalue weighted by molar-refractivity contribution is 5.79. The number of hydrogen-bond acceptors (Lipinski definition) is 3. The topological polar surface area (TPSA) is 54.9 Å². The van der Waals surface area contributed by atoms with Gasteiger partial charge in [0.05, 0.1) is 26.2 Å². The Kier molecular flexibility index (Phi) is 9.69. The first-order valence-electron chi connectivity index (χ1n) is 8.87. The number of nitrogens with zero attached hydrogens (tertiary/aromatic N) is 1. The van der Waals surface area contributed by atoms with E-state index in [0.29, 0.717) is 50.2 Å². The summed E-state index contributed by atoms with van der Waals surface area (Å²) in [6, 6.07) is 5.74. The molecule has 1 aromatic rings. The molecule has 26 heavy (non-hydrogen) atoms. The maximum Gasteiger partial charge on any atom is 0.390 e. The summed E-state index contributed by atoms with van der Waals surface area (Å²) in [4.78, 5) is 3.95. The van der Waals surface area contributed by atoms with Crippen molar-refractivity contribution in [2.24, 2.45) is 4.99 Å². The fourth-order valence-electron chi connectivity index (χ4n) is 2.21. The molecule has 0 bridgehead atoms. The molecule has 0 aliphatic rings. The minimum Gasteiger partial charge on any atom is -0.490 e. The SMILES string of the molecule is CCNC(=NCCC(F)(F)F)NCCc1ccc(OCC)c(OCC)c1. The Labute approximate surface area is 153 Å². The Morgan fingerprint density at radius 3 is 2.35 bits per heavy atom. The van der Waals surface area contributed by atoms with Crippen LogP contribution in [0.1, 0.15) is 32.8 Å². The van der Waals surface area contributed by atoms with E-state index in [-0.39, 0.29) is 6.54 Å². The van der Waals surface area contributed by atoms with Gasteiger partial charge >= 0.3 is 6.18 Å². The molecule has 0 aliphatic heterocycles. The Bertz CT molecular complexity index is 563. The third-order valence-corrected chi connectivity index (χ3v) is 3.32. The van der Waals surface area contributed by atoms with E-state index in [1.807, 2.05) is 39.0 Å². The van der Waals surface area contributed by atoms with E-state index in [2.05, 4.69) is 15.6 Å². The molecule has 0 spiro atoms. The molecular weight excluding hydrogens is 347 g/mol. The predicted octanol–water partition coefficient (Wildman–Crippen LogP) is 3.53. The summed E-state index contributed by atoms with van der Waals surface area (Å²) in [6.45, 7) is 7.60. The van der Waals surface area contributed by atoms with E-state index in [9.17, 15) is 13.2 Å². The van der Waals surface area contributed by atoms with Crippen LogP contribution in [0.4, 0.5) is 13.2 Å². The number of halogens is 3. The van der Waals surface area contributed by atoms with Gasteiger partial charge in [0.1, 0.15) is 0 Å². The molecule has 2 N–H and O–H groups in total. The van der Waals surface area contributed by atoms with Crippen molar-refractivity contribution in [3.8, 4) is 11.5 Å². The number of guanidine groups is 1. The lowest BCUT2D eigenvalue weighted by molar-refractivity contribution is -0.132. The Balaban J connectivity index is 2.60. The second-order valence-electron chi connectivity index (χ2n) is 5.45. The van der Waals surface area contributed by atoms with E-state index < -0.39 is 12.6 Å². The minimum atomic E-state index is -4.20. The van der Waals surface area contributed by atoms with Gasteiger partial charge in [-0.3, -0.25) is 4.99 Å². The van der Waals surface area contributed by atoms with Crippen molar-refractivity contribution in [1.82, 2.24) is 10.6 Å². The monoisotopic (exact) mass is 375 g/mol. The molecule has 0 saturated heterocycles. The quantitative estimate of drug-likeness (QED) is 0.485. The summed E-state index contributed by atoms with van der Waals surface area (Å²) in [5.74, 6) is 1.78. The van der Waals surface area contributed by atoms with Gasteiger partial charge in [-0.15, -0.1) is 0 Å². The van der Waals surface area contributed by atoms with Gasteiger partial charge in [0.2, 0.25) is 0 Å². The van der Waals surface area contributed by atoms with E-state index in [0.717, 1.165) is 5.56 Å². The molecule has 1 aromatic carbocycles. The molecule has 0 amide bonds. The Hall–Kier alpha value is -2.12. The molecule has 0 heterocycles. The summed E-state index contributed by atoms with van der Waals surface area (Å²) in [6.07, 6.45) is -4.45. The molecule has 0 radical (unpaired) electrons. The maximum absolute atomic E-state index is 12.2. The lowest BCUT2D eigenvalue weighted by atomic mass is 10.1. The normalized spacial score (nSPS) is 12.0. The fraction of sp³-hybridized carbons (Fsp3) is 0.611. The van der Waals surface area contributed by atoms with Crippen LogP contribution in [0, 0.1) is 0 Å². The lowest BCUT2D eigenvalue weighted by Gasteiger charge is -2.14. The van der Waals surface area contributed by atoms with E-state index in [1.165, 1.54) is 0 Å². The average Bonchev–Trinajstić information content (AvgIpc) is 2.56. The smallest absolute Gasteiger partial charge is 0.390 e. The zero-order valence-corrected chi connectivity index (χ0v) is 15.6. The number of alkyl halides is 3. The van der Waals surface area contributed by atoms with E-state index in [4.69, 9.17) is 9.47 Å². The third-order valence-electron chi connectivity index (χ3n) is 3.32. The summed E-state index contributed by atoms with van der Waals surface area (Å²) in [5, 5.41) is 5.99. The minimum absolute atomic E-state index is 0.295. The van der Waals surface area contributed by atoms with Crippen LogP contribution >= 0.6 is 0 Å². The van der Waals surface area contributed by atoms with Crippen molar-refractivity contribution in [3.63, 3.8) is 0 Å². The van der Waals surface area contributed by atoms with Gasteiger partial charge in [-0.2, -0.15) is 13.2 Å². The van der Waals surface area contributed by atoms with Crippen molar-refractivity contribution in [2.45, 2.75) is 39.8 Å². The third kappa shape index (κ3) is 8.82. The highest BCUT2D eigenvalue weighted by atomic mass is 19.4. The summed E-state index contributed by atoms with van der Waals surface area (Å²) in [5.41, 5.74) is 1.04. The van der Waals surface area contributed by atoms with E-state index >= 15 is 0 Å². The van der Waals surface area contributed by atoms with Gasteiger partial charge < -0.3 is 20.1 Å². The van der Waals surface area contributed by atoms with Crippen LogP contribution in [0.25, 0.3) is 0 Å². The van der Waals surface area contributed by atoms with Crippen LogP contribution < -0.4 is 20.1 Å². The van der Waals surface area contributed by atoms with Crippen LogP contribution in [-0.4, -0.2) is 45.0 Å². The highest BCUT2D eigenvalue weighted by Gasteiger charge is 2.26. The summed E-state index contributed by atoms with van der Waals surface area (Å²) < 4.78 is 47.8. The number of benzene rings is 1. The van der Waals surface area contributed by atoms with Crippen molar-refractivity contribution in [1.29, 1.82) is 0 Å². The van der Waals surface area contributed by atoms with Crippen molar-refractivity contribution < 1.29 is 22.6 Å². The molecule has 8 heteroatoms. The van der Waals surface area contributed by atoms with Crippen LogP contribution in [-0.2, 0) is 6.42 Å². The molecule has 0 aliphatic carbocycles. The molecule has 0 atom stereocenters. The fourth-order valence-corrected chi connectivity index (χ4v) is 2.21. The second kappa shape index (κ2) is 11.5. The van der Waals surface area contributed by atoms with Crippen LogP contribution in [0.15, 0.2) is 23.2 Å². The van der Waals surface area contributed by atoms with Gasteiger partial charge in [-0.25, -0.2) is 0 Å².